The molecule has 8 heteroatoms. The summed E-state index contributed by atoms with van der Waals surface area (Å²) in [7, 11) is -3.68. The standard InChI is InChI=1S/C22H27ClN2O4S/c1-4-29-20-9-8-18(14-19(20)23)30(27,28)25-12-10-17(11-13-25)22(26)24-21-15(2)6-5-7-16(21)3/h5-9,14,17H,4,10-13H2,1-3H3,(H,24,26). The van der Waals surface area contributed by atoms with E-state index in [4.69, 9.17) is 16.3 Å². The number of benzene rings is 2. The smallest absolute Gasteiger partial charge is 0.243 e. The van der Waals surface area contributed by atoms with Crippen molar-refractivity contribution >= 4 is 33.2 Å². The highest BCUT2D eigenvalue weighted by atomic mass is 35.5. The van der Waals surface area contributed by atoms with Crippen molar-refractivity contribution in [1.29, 1.82) is 0 Å². The fourth-order valence-electron chi connectivity index (χ4n) is 3.66. The number of nitrogens with one attached hydrogen (secondary N) is 1. The first-order chi connectivity index (χ1) is 14.2. The van der Waals surface area contributed by atoms with Gasteiger partial charge in [-0.1, -0.05) is 29.8 Å². The van der Waals surface area contributed by atoms with Crippen molar-refractivity contribution in [3.8, 4) is 5.75 Å². The molecule has 1 saturated heterocycles. The van der Waals surface area contributed by atoms with Gasteiger partial charge in [0.05, 0.1) is 16.5 Å². The van der Waals surface area contributed by atoms with Crippen LogP contribution in [-0.2, 0) is 14.8 Å². The Morgan fingerprint density at radius 1 is 1.17 bits per heavy atom. The summed E-state index contributed by atoms with van der Waals surface area (Å²) in [6.07, 6.45) is 0.946. The van der Waals surface area contributed by atoms with Gasteiger partial charge in [0.1, 0.15) is 5.75 Å². The lowest BCUT2D eigenvalue weighted by atomic mass is 9.96. The number of amides is 1. The Hall–Kier alpha value is -2.09. The van der Waals surface area contributed by atoms with Crippen molar-refractivity contribution in [2.24, 2.45) is 5.92 Å². The minimum absolute atomic E-state index is 0.0615. The average Bonchev–Trinajstić information content (AvgIpc) is 2.72. The van der Waals surface area contributed by atoms with Gasteiger partial charge in [-0.2, -0.15) is 4.31 Å². The number of carbonyl (C=O) groups excluding carboxylic acids is 1. The van der Waals surface area contributed by atoms with Crippen LogP contribution in [0.15, 0.2) is 41.3 Å². The molecule has 2 aromatic rings. The molecule has 6 nitrogen and oxygen atoms in total. The summed E-state index contributed by atoms with van der Waals surface area (Å²) in [6, 6.07) is 10.4. The van der Waals surface area contributed by atoms with Crippen molar-refractivity contribution in [2.45, 2.75) is 38.5 Å². The zero-order chi connectivity index (χ0) is 21.9. The van der Waals surface area contributed by atoms with E-state index in [0.29, 0.717) is 25.2 Å². The minimum Gasteiger partial charge on any atom is -0.492 e. The van der Waals surface area contributed by atoms with Crippen molar-refractivity contribution < 1.29 is 17.9 Å². The molecule has 1 amide bonds. The second-order valence-corrected chi connectivity index (χ2v) is 9.80. The van der Waals surface area contributed by atoms with Crippen molar-refractivity contribution in [3.05, 3.63) is 52.5 Å². The topological polar surface area (TPSA) is 75.7 Å². The minimum atomic E-state index is -3.68. The van der Waals surface area contributed by atoms with Crippen molar-refractivity contribution in [3.63, 3.8) is 0 Å². The van der Waals surface area contributed by atoms with Crippen molar-refractivity contribution in [1.82, 2.24) is 4.31 Å². The molecule has 0 saturated carbocycles. The lowest BCUT2D eigenvalue weighted by molar-refractivity contribution is -0.120. The third-order valence-electron chi connectivity index (χ3n) is 5.40. The third kappa shape index (κ3) is 4.79. The summed E-state index contributed by atoms with van der Waals surface area (Å²) in [6.45, 7) is 6.78. The van der Waals surface area contributed by atoms with Crippen molar-refractivity contribution in [2.75, 3.05) is 25.0 Å². The average molecular weight is 451 g/mol. The van der Waals surface area contributed by atoms with Gasteiger partial charge >= 0.3 is 0 Å². The molecule has 1 N–H and O–H groups in total. The van der Waals surface area contributed by atoms with E-state index in [1.165, 1.54) is 16.4 Å². The van der Waals surface area contributed by atoms with Crippen LogP contribution in [0.25, 0.3) is 0 Å². The molecule has 1 heterocycles. The number of rotatable bonds is 6. The quantitative estimate of drug-likeness (QED) is 0.707. The van der Waals surface area contributed by atoms with Crippen LogP contribution in [0.4, 0.5) is 5.69 Å². The number of hydrogen-bond donors (Lipinski definition) is 1. The summed E-state index contributed by atoms with van der Waals surface area (Å²) in [5.41, 5.74) is 2.85. The summed E-state index contributed by atoms with van der Waals surface area (Å²) in [5.74, 6) is 0.174. The SMILES string of the molecule is CCOc1ccc(S(=O)(=O)N2CCC(C(=O)Nc3c(C)cccc3C)CC2)cc1Cl. The first-order valence-electron chi connectivity index (χ1n) is 10.0. The maximum absolute atomic E-state index is 13.0. The van der Waals surface area contributed by atoms with Crippen LogP contribution in [0.2, 0.25) is 5.02 Å². The normalized spacial score (nSPS) is 15.7. The molecule has 30 heavy (non-hydrogen) atoms. The summed E-state index contributed by atoms with van der Waals surface area (Å²) < 4.78 is 32.8. The van der Waals surface area contributed by atoms with Crippen LogP contribution in [0.3, 0.4) is 0 Å². The highest BCUT2D eigenvalue weighted by molar-refractivity contribution is 7.89. The Morgan fingerprint density at radius 2 is 1.80 bits per heavy atom. The molecule has 0 aromatic heterocycles. The van der Waals surface area contributed by atoms with Gasteiger partial charge in [0.2, 0.25) is 15.9 Å². The number of anilines is 1. The Bertz CT molecular complexity index is 1010. The lowest BCUT2D eigenvalue weighted by Gasteiger charge is -2.31. The van der Waals surface area contributed by atoms with E-state index in [0.717, 1.165) is 16.8 Å². The van der Waals surface area contributed by atoms with Gasteiger partial charge < -0.3 is 10.1 Å². The highest BCUT2D eigenvalue weighted by Crippen LogP contribution is 2.31. The maximum atomic E-state index is 13.0. The molecule has 0 atom stereocenters. The van der Waals surface area contributed by atoms with Gasteiger partial charge in [-0.15, -0.1) is 0 Å². The number of hydrogen-bond acceptors (Lipinski definition) is 4. The number of para-hydroxylation sites is 1. The van der Waals surface area contributed by atoms with Gasteiger partial charge in [0.15, 0.2) is 0 Å². The van der Waals surface area contributed by atoms with Gasteiger partial charge in [0, 0.05) is 24.7 Å². The zero-order valence-electron chi connectivity index (χ0n) is 17.4. The van der Waals surface area contributed by atoms with Crippen LogP contribution in [-0.4, -0.2) is 38.3 Å². The van der Waals surface area contributed by atoms with E-state index in [2.05, 4.69) is 5.32 Å². The lowest BCUT2D eigenvalue weighted by Crippen LogP contribution is -2.41. The number of nitrogens with zero attached hydrogens (tertiary/aromatic N) is 1. The Labute approximate surface area is 183 Å². The molecular weight excluding hydrogens is 424 g/mol. The van der Waals surface area contributed by atoms with Crippen LogP contribution in [0, 0.1) is 19.8 Å². The summed E-state index contributed by atoms with van der Waals surface area (Å²) in [5, 5.41) is 3.29. The second-order valence-electron chi connectivity index (χ2n) is 7.46. The van der Waals surface area contributed by atoms with Gasteiger partial charge in [-0.25, -0.2) is 8.42 Å². The molecular formula is C22H27ClN2O4S. The van der Waals surface area contributed by atoms with Gasteiger partial charge in [-0.3, -0.25) is 4.79 Å². The largest absolute Gasteiger partial charge is 0.492 e. The number of halogens is 1. The van der Waals surface area contributed by atoms with Crippen LogP contribution < -0.4 is 10.1 Å². The molecule has 3 rings (SSSR count). The van der Waals surface area contributed by atoms with E-state index in [9.17, 15) is 13.2 Å². The Balaban J connectivity index is 1.66. The van der Waals surface area contributed by atoms with E-state index in [1.54, 1.807) is 6.07 Å². The molecule has 0 aliphatic carbocycles. The number of aryl methyl sites for hydroxylation is 2. The van der Waals surface area contributed by atoms with E-state index in [-0.39, 0.29) is 34.8 Å². The van der Waals surface area contributed by atoms with Gasteiger partial charge in [0.25, 0.3) is 0 Å². The fourth-order valence-corrected chi connectivity index (χ4v) is 5.46. The summed E-state index contributed by atoms with van der Waals surface area (Å²) in [4.78, 5) is 12.9. The Kier molecular flexibility index (Phi) is 7.06. The predicted octanol–water partition coefficient (Wildman–Crippen LogP) is 4.39. The van der Waals surface area contributed by atoms with E-state index in [1.807, 2.05) is 39.0 Å². The fraction of sp³-hybridized carbons (Fsp3) is 0.409. The predicted molar refractivity (Wildman–Crippen MR) is 119 cm³/mol. The van der Waals surface area contributed by atoms with Crippen LogP contribution >= 0.6 is 11.6 Å². The highest BCUT2D eigenvalue weighted by Gasteiger charge is 2.32. The molecule has 0 unspecified atom stereocenters. The molecule has 0 spiro atoms. The van der Waals surface area contributed by atoms with Crippen LogP contribution in [0.1, 0.15) is 30.9 Å². The molecule has 1 fully saturated rings. The first kappa shape index (κ1) is 22.6. The summed E-state index contributed by atoms with van der Waals surface area (Å²) >= 11 is 6.16. The number of carbonyl (C=O) groups is 1. The van der Waals surface area contributed by atoms with Crippen LogP contribution in [0.5, 0.6) is 5.75 Å². The number of sulfonamides is 1. The van der Waals surface area contributed by atoms with E-state index >= 15 is 0 Å². The molecule has 0 radical (unpaired) electrons. The molecule has 162 valence electrons. The third-order valence-corrected chi connectivity index (χ3v) is 7.59. The second kappa shape index (κ2) is 9.37. The molecule has 2 aromatic carbocycles. The number of ether oxygens (including phenoxy) is 1. The van der Waals surface area contributed by atoms with E-state index < -0.39 is 10.0 Å². The maximum Gasteiger partial charge on any atom is 0.243 e. The first-order valence-corrected chi connectivity index (χ1v) is 11.9. The molecule has 1 aliphatic rings. The Morgan fingerprint density at radius 3 is 2.37 bits per heavy atom. The zero-order valence-corrected chi connectivity index (χ0v) is 19.0. The molecule has 1 aliphatic heterocycles. The molecule has 0 bridgehead atoms. The monoisotopic (exact) mass is 450 g/mol. The van der Waals surface area contributed by atoms with Gasteiger partial charge in [-0.05, 0) is 62.9 Å². The number of piperidine rings is 1.